The van der Waals surface area contributed by atoms with E-state index in [2.05, 4.69) is 0 Å². The molecule has 1 atom stereocenters. The van der Waals surface area contributed by atoms with Crippen LogP contribution in [0, 0.1) is 11.7 Å². The van der Waals surface area contributed by atoms with Crippen molar-refractivity contribution in [1.29, 1.82) is 0 Å². The molecule has 1 saturated heterocycles. The summed E-state index contributed by atoms with van der Waals surface area (Å²) >= 11 is 6.16. The molecule has 6 nitrogen and oxygen atoms in total. The molecule has 0 aliphatic carbocycles. The van der Waals surface area contributed by atoms with Gasteiger partial charge in [0.15, 0.2) is 0 Å². The first-order chi connectivity index (χ1) is 14.7. The van der Waals surface area contributed by atoms with Gasteiger partial charge in [-0.2, -0.15) is 4.31 Å². The predicted molar refractivity (Wildman–Crippen MR) is 117 cm³/mol. The maximum absolute atomic E-state index is 13.9. The second kappa shape index (κ2) is 9.97. The summed E-state index contributed by atoms with van der Waals surface area (Å²) in [7, 11) is -2.21. The number of hydrogen-bond donors (Lipinski definition) is 0. The molecule has 1 amide bonds. The number of sulfonamides is 1. The minimum atomic E-state index is -3.81. The minimum Gasteiger partial charge on any atom is -0.492 e. The van der Waals surface area contributed by atoms with E-state index in [1.54, 1.807) is 25.2 Å². The largest absolute Gasteiger partial charge is 0.492 e. The summed E-state index contributed by atoms with van der Waals surface area (Å²) in [4.78, 5) is 14.5. The monoisotopic (exact) mass is 468 g/mol. The highest BCUT2D eigenvalue weighted by molar-refractivity contribution is 7.89. The highest BCUT2D eigenvalue weighted by Crippen LogP contribution is 2.31. The van der Waals surface area contributed by atoms with E-state index in [0.29, 0.717) is 37.3 Å². The smallest absolute Gasteiger partial charge is 0.243 e. The van der Waals surface area contributed by atoms with Crippen LogP contribution >= 0.6 is 11.6 Å². The summed E-state index contributed by atoms with van der Waals surface area (Å²) in [6.45, 7) is 2.77. The van der Waals surface area contributed by atoms with Gasteiger partial charge in [-0.25, -0.2) is 12.8 Å². The van der Waals surface area contributed by atoms with Gasteiger partial charge in [-0.3, -0.25) is 4.79 Å². The zero-order chi connectivity index (χ0) is 22.6. The van der Waals surface area contributed by atoms with Gasteiger partial charge in [-0.15, -0.1) is 0 Å². The fraction of sp³-hybridized carbons (Fsp3) is 0.409. The average Bonchev–Trinajstić information content (AvgIpc) is 2.76. The number of carbonyl (C=O) groups is 1. The summed E-state index contributed by atoms with van der Waals surface area (Å²) in [5.41, 5.74) is 0.419. The van der Waals surface area contributed by atoms with Crippen molar-refractivity contribution in [2.75, 3.05) is 26.7 Å². The summed E-state index contributed by atoms with van der Waals surface area (Å²) < 4.78 is 46.9. The van der Waals surface area contributed by atoms with Crippen molar-refractivity contribution >= 4 is 27.5 Å². The van der Waals surface area contributed by atoms with Crippen LogP contribution in [0.1, 0.15) is 25.3 Å². The van der Waals surface area contributed by atoms with Crippen LogP contribution in [0.15, 0.2) is 47.4 Å². The molecule has 1 fully saturated rings. The number of halogens is 2. The van der Waals surface area contributed by atoms with Gasteiger partial charge in [0.2, 0.25) is 15.9 Å². The normalized spacial score (nSPS) is 17.4. The van der Waals surface area contributed by atoms with Crippen LogP contribution in [0.2, 0.25) is 5.02 Å². The number of hydrogen-bond acceptors (Lipinski definition) is 4. The Morgan fingerprint density at radius 2 is 2.03 bits per heavy atom. The molecule has 2 aromatic carbocycles. The van der Waals surface area contributed by atoms with Crippen molar-refractivity contribution in [3.05, 3.63) is 58.9 Å². The molecule has 9 heteroatoms. The first-order valence-corrected chi connectivity index (χ1v) is 12.0. The molecule has 1 aliphatic rings. The lowest BCUT2D eigenvalue weighted by Gasteiger charge is -2.33. The SMILES string of the molecule is CCOc1ccc(S(=O)(=O)N2CCC[C@@H](C(=O)N(C)Cc3ccccc3F)C2)cc1Cl. The van der Waals surface area contributed by atoms with Crippen LogP contribution in [0.4, 0.5) is 4.39 Å². The zero-order valence-corrected chi connectivity index (χ0v) is 19.1. The molecule has 0 aromatic heterocycles. The molecule has 1 aliphatic heterocycles. The summed E-state index contributed by atoms with van der Waals surface area (Å²) in [6.07, 6.45) is 1.14. The van der Waals surface area contributed by atoms with Crippen molar-refractivity contribution in [1.82, 2.24) is 9.21 Å². The number of rotatable bonds is 7. The number of ether oxygens (including phenoxy) is 1. The molecule has 2 aromatic rings. The lowest BCUT2D eigenvalue weighted by atomic mass is 9.98. The quantitative estimate of drug-likeness (QED) is 0.617. The van der Waals surface area contributed by atoms with E-state index in [1.807, 2.05) is 6.92 Å². The zero-order valence-electron chi connectivity index (χ0n) is 17.6. The van der Waals surface area contributed by atoms with E-state index >= 15 is 0 Å². The van der Waals surface area contributed by atoms with Crippen molar-refractivity contribution in [2.45, 2.75) is 31.2 Å². The van der Waals surface area contributed by atoms with Gasteiger partial charge in [-0.1, -0.05) is 29.8 Å². The third kappa shape index (κ3) is 5.37. The van der Waals surface area contributed by atoms with Crippen molar-refractivity contribution in [3.8, 4) is 5.75 Å². The lowest BCUT2D eigenvalue weighted by molar-refractivity contribution is -0.135. The van der Waals surface area contributed by atoms with Crippen molar-refractivity contribution in [3.63, 3.8) is 0 Å². The Bertz CT molecular complexity index is 1050. The second-order valence-electron chi connectivity index (χ2n) is 7.51. The third-order valence-corrected chi connectivity index (χ3v) is 7.47. The van der Waals surface area contributed by atoms with E-state index in [9.17, 15) is 17.6 Å². The summed E-state index contributed by atoms with van der Waals surface area (Å²) in [6, 6.07) is 10.7. The van der Waals surface area contributed by atoms with Gasteiger partial charge >= 0.3 is 0 Å². The van der Waals surface area contributed by atoms with Crippen LogP contribution in [-0.2, 0) is 21.4 Å². The van der Waals surface area contributed by atoms with E-state index < -0.39 is 15.9 Å². The Kier molecular flexibility index (Phi) is 7.56. The number of carbonyl (C=O) groups excluding carboxylic acids is 1. The maximum atomic E-state index is 13.9. The van der Waals surface area contributed by atoms with Crippen LogP contribution in [-0.4, -0.2) is 50.3 Å². The van der Waals surface area contributed by atoms with Gasteiger partial charge in [0, 0.05) is 32.2 Å². The molecule has 0 spiro atoms. The van der Waals surface area contributed by atoms with E-state index in [0.717, 1.165) is 0 Å². The number of amides is 1. The molecule has 0 bridgehead atoms. The summed E-state index contributed by atoms with van der Waals surface area (Å²) in [5.74, 6) is -0.640. The Labute approximate surface area is 187 Å². The van der Waals surface area contributed by atoms with Gasteiger partial charge in [0.1, 0.15) is 11.6 Å². The predicted octanol–water partition coefficient (Wildman–Crippen LogP) is 3.94. The van der Waals surface area contributed by atoms with Crippen LogP contribution in [0.3, 0.4) is 0 Å². The molecule has 0 radical (unpaired) electrons. The third-order valence-electron chi connectivity index (χ3n) is 5.32. The molecule has 0 unspecified atom stereocenters. The first kappa shape index (κ1) is 23.5. The van der Waals surface area contributed by atoms with E-state index in [4.69, 9.17) is 16.3 Å². The van der Waals surface area contributed by atoms with Crippen LogP contribution < -0.4 is 4.74 Å². The van der Waals surface area contributed by atoms with Crippen LogP contribution in [0.25, 0.3) is 0 Å². The van der Waals surface area contributed by atoms with Crippen molar-refractivity contribution < 1.29 is 22.3 Å². The second-order valence-corrected chi connectivity index (χ2v) is 9.86. The Balaban J connectivity index is 1.72. The topological polar surface area (TPSA) is 66.9 Å². The molecular formula is C22H26ClFN2O4S. The van der Waals surface area contributed by atoms with Gasteiger partial charge < -0.3 is 9.64 Å². The Morgan fingerprint density at radius 1 is 1.29 bits per heavy atom. The molecule has 168 valence electrons. The average molecular weight is 469 g/mol. The van der Waals surface area contributed by atoms with E-state index in [1.165, 1.54) is 33.5 Å². The standard InChI is InChI=1S/C22H26ClFN2O4S/c1-3-30-21-11-10-18(13-19(21)23)31(28,29)26-12-6-8-17(15-26)22(27)25(2)14-16-7-4-5-9-20(16)24/h4-5,7,9-11,13,17H,3,6,8,12,14-15H2,1-2H3/t17-/m1/s1. The first-order valence-electron chi connectivity index (χ1n) is 10.1. The number of benzene rings is 2. The summed E-state index contributed by atoms with van der Waals surface area (Å²) in [5, 5.41) is 0.220. The number of piperidine rings is 1. The molecule has 31 heavy (non-hydrogen) atoms. The van der Waals surface area contributed by atoms with E-state index in [-0.39, 0.29) is 34.7 Å². The highest BCUT2D eigenvalue weighted by atomic mass is 35.5. The van der Waals surface area contributed by atoms with Gasteiger partial charge in [0.25, 0.3) is 0 Å². The lowest BCUT2D eigenvalue weighted by Crippen LogP contribution is -2.45. The fourth-order valence-electron chi connectivity index (χ4n) is 3.70. The maximum Gasteiger partial charge on any atom is 0.243 e. The van der Waals surface area contributed by atoms with Gasteiger partial charge in [0.05, 0.1) is 22.4 Å². The highest BCUT2D eigenvalue weighted by Gasteiger charge is 2.34. The van der Waals surface area contributed by atoms with Gasteiger partial charge in [-0.05, 0) is 44.0 Å². The molecule has 3 rings (SSSR count). The fourth-order valence-corrected chi connectivity index (χ4v) is 5.55. The molecule has 0 N–H and O–H groups in total. The molecular weight excluding hydrogens is 443 g/mol. The Morgan fingerprint density at radius 3 is 2.71 bits per heavy atom. The van der Waals surface area contributed by atoms with Crippen molar-refractivity contribution in [2.24, 2.45) is 5.92 Å². The molecule has 1 heterocycles. The minimum absolute atomic E-state index is 0.0637. The number of nitrogens with zero attached hydrogens (tertiary/aromatic N) is 2. The van der Waals surface area contributed by atoms with Crippen LogP contribution in [0.5, 0.6) is 5.75 Å². The Hall–Kier alpha value is -2.16. The molecule has 0 saturated carbocycles.